The number of piperazine rings is 1. The van der Waals surface area contributed by atoms with Gasteiger partial charge in [0.1, 0.15) is 12.4 Å². The number of rotatable bonds is 6. The number of nitriles is 1. The second-order valence-corrected chi connectivity index (χ2v) is 10.3. The molecule has 37 heavy (non-hydrogen) atoms. The number of benzene rings is 1. The summed E-state index contributed by atoms with van der Waals surface area (Å²) in [6.07, 6.45) is 5.59. The minimum absolute atomic E-state index is 0.143. The smallest absolute Gasteiger partial charge is 0.318 e. The van der Waals surface area contributed by atoms with E-state index in [0.29, 0.717) is 31.6 Å². The molecule has 1 N–H and O–H groups in total. The summed E-state index contributed by atoms with van der Waals surface area (Å²) in [7, 11) is 2.16. The van der Waals surface area contributed by atoms with Crippen molar-refractivity contribution in [1.82, 2.24) is 25.2 Å². The van der Waals surface area contributed by atoms with E-state index in [1.807, 2.05) is 12.3 Å². The first-order valence-corrected chi connectivity index (χ1v) is 13.4. The van der Waals surface area contributed by atoms with Gasteiger partial charge in [-0.15, -0.1) is 0 Å². The van der Waals surface area contributed by atoms with Crippen molar-refractivity contribution in [3.8, 4) is 12.1 Å². The summed E-state index contributed by atoms with van der Waals surface area (Å²) in [5, 5.41) is 13.9. The van der Waals surface area contributed by atoms with E-state index in [0.717, 1.165) is 68.0 Å². The largest absolute Gasteiger partial charge is 0.462 e. The first-order chi connectivity index (χ1) is 18.2. The van der Waals surface area contributed by atoms with Crippen LogP contribution in [0.2, 0.25) is 0 Å². The van der Waals surface area contributed by atoms with Crippen LogP contribution in [-0.4, -0.2) is 78.3 Å². The maximum absolute atomic E-state index is 9.25. The standard InChI is InChI=1S/C28H34N8O/c1-34-14-4-5-21(34)19-37-28-32-25-18-35(26-9-12-31-24-7-3-2-6-22(24)26)15-10-23(25)27(33-28)36-16-13-30-20(17-36)8-11-29/h2-3,6-7,9,12,20-21,30H,4-5,8,10,13-19H2,1H3/t20-,21-/m0/s1. The number of nitrogens with one attached hydrogen (secondary N) is 1. The Morgan fingerprint density at radius 1 is 1.14 bits per heavy atom. The minimum atomic E-state index is 0.143. The molecule has 0 radical (unpaired) electrons. The monoisotopic (exact) mass is 498 g/mol. The van der Waals surface area contributed by atoms with Crippen LogP contribution in [0.25, 0.3) is 10.9 Å². The van der Waals surface area contributed by atoms with Gasteiger partial charge in [0.2, 0.25) is 0 Å². The van der Waals surface area contributed by atoms with Crippen molar-refractivity contribution in [3.05, 3.63) is 47.8 Å². The summed E-state index contributed by atoms with van der Waals surface area (Å²) < 4.78 is 6.26. The molecule has 2 atom stereocenters. The minimum Gasteiger partial charge on any atom is -0.462 e. The van der Waals surface area contributed by atoms with Crippen LogP contribution in [0.5, 0.6) is 6.01 Å². The van der Waals surface area contributed by atoms with Gasteiger partial charge in [-0.25, -0.2) is 0 Å². The number of hydrogen-bond donors (Lipinski definition) is 1. The van der Waals surface area contributed by atoms with Crippen LogP contribution in [-0.2, 0) is 13.0 Å². The van der Waals surface area contributed by atoms with Crippen molar-refractivity contribution >= 4 is 22.4 Å². The molecule has 3 aromatic rings. The van der Waals surface area contributed by atoms with Gasteiger partial charge in [0.05, 0.1) is 30.2 Å². The topological polar surface area (TPSA) is 93.4 Å². The normalized spacial score (nSPS) is 22.2. The predicted octanol–water partition coefficient (Wildman–Crippen LogP) is 2.75. The second-order valence-electron chi connectivity index (χ2n) is 10.3. The molecule has 0 aliphatic carbocycles. The number of anilines is 2. The Kier molecular flexibility index (Phi) is 6.77. The van der Waals surface area contributed by atoms with E-state index in [1.165, 1.54) is 17.7 Å². The van der Waals surface area contributed by atoms with Crippen LogP contribution < -0.4 is 19.9 Å². The first kappa shape index (κ1) is 23.9. The van der Waals surface area contributed by atoms with E-state index >= 15 is 0 Å². The lowest BCUT2D eigenvalue weighted by molar-refractivity contribution is 0.187. The lowest BCUT2D eigenvalue weighted by Gasteiger charge is -2.37. The van der Waals surface area contributed by atoms with E-state index in [4.69, 9.17) is 14.7 Å². The number of para-hydroxylation sites is 1. The Labute approximate surface area is 218 Å². The lowest BCUT2D eigenvalue weighted by Crippen LogP contribution is -2.51. The molecule has 2 fully saturated rings. The van der Waals surface area contributed by atoms with Crippen LogP contribution in [0.3, 0.4) is 0 Å². The maximum atomic E-state index is 9.25. The number of fused-ring (bicyclic) bond motifs is 2. The van der Waals surface area contributed by atoms with Gasteiger partial charge in [0, 0.05) is 61.1 Å². The van der Waals surface area contributed by atoms with Crippen LogP contribution in [0.15, 0.2) is 36.5 Å². The fraction of sp³-hybridized carbons (Fsp3) is 0.500. The van der Waals surface area contributed by atoms with Crippen molar-refractivity contribution in [3.63, 3.8) is 0 Å². The highest BCUT2D eigenvalue weighted by molar-refractivity contribution is 5.91. The summed E-state index contributed by atoms with van der Waals surface area (Å²) in [5.74, 6) is 0.975. The van der Waals surface area contributed by atoms with Gasteiger partial charge in [-0.3, -0.25) is 4.98 Å². The molecule has 192 valence electrons. The highest BCUT2D eigenvalue weighted by atomic mass is 16.5. The van der Waals surface area contributed by atoms with E-state index < -0.39 is 0 Å². The van der Waals surface area contributed by atoms with Crippen LogP contribution in [0.4, 0.5) is 11.5 Å². The number of nitrogens with zero attached hydrogens (tertiary/aromatic N) is 7. The van der Waals surface area contributed by atoms with E-state index in [-0.39, 0.29) is 6.04 Å². The molecular formula is C28H34N8O. The molecule has 0 bridgehead atoms. The number of pyridine rings is 1. The number of aromatic nitrogens is 3. The quantitative estimate of drug-likeness (QED) is 0.551. The van der Waals surface area contributed by atoms with Gasteiger partial charge in [-0.2, -0.15) is 15.2 Å². The number of hydrogen-bond acceptors (Lipinski definition) is 9. The van der Waals surface area contributed by atoms with Gasteiger partial charge in [0.15, 0.2) is 0 Å². The number of ether oxygens (including phenoxy) is 1. The Morgan fingerprint density at radius 3 is 2.92 bits per heavy atom. The highest BCUT2D eigenvalue weighted by Crippen LogP contribution is 2.34. The zero-order valence-electron chi connectivity index (χ0n) is 21.4. The van der Waals surface area contributed by atoms with Crippen molar-refractivity contribution in [1.29, 1.82) is 5.26 Å². The third-order valence-corrected chi connectivity index (χ3v) is 7.96. The van der Waals surface area contributed by atoms with E-state index in [9.17, 15) is 5.26 Å². The molecule has 2 aromatic heterocycles. The van der Waals surface area contributed by atoms with Crippen molar-refractivity contribution in [2.24, 2.45) is 0 Å². The summed E-state index contributed by atoms with van der Waals surface area (Å²) in [6, 6.07) is 13.7. The summed E-state index contributed by atoms with van der Waals surface area (Å²) >= 11 is 0. The fourth-order valence-corrected chi connectivity index (χ4v) is 5.90. The Morgan fingerprint density at radius 2 is 2.05 bits per heavy atom. The molecule has 3 aliphatic heterocycles. The molecule has 0 unspecified atom stereocenters. The maximum Gasteiger partial charge on any atom is 0.318 e. The van der Waals surface area contributed by atoms with Gasteiger partial charge in [-0.1, -0.05) is 18.2 Å². The Bertz CT molecular complexity index is 1300. The fourth-order valence-electron chi connectivity index (χ4n) is 5.90. The van der Waals surface area contributed by atoms with Gasteiger partial charge < -0.3 is 24.8 Å². The van der Waals surface area contributed by atoms with Crippen LogP contribution >= 0.6 is 0 Å². The van der Waals surface area contributed by atoms with Gasteiger partial charge in [0.25, 0.3) is 0 Å². The second kappa shape index (κ2) is 10.5. The molecule has 9 heteroatoms. The van der Waals surface area contributed by atoms with Crippen molar-refractivity contribution in [2.75, 3.05) is 56.2 Å². The molecule has 0 saturated carbocycles. The molecule has 6 rings (SSSR count). The Hall–Kier alpha value is -3.48. The molecule has 0 spiro atoms. The molecule has 9 nitrogen and oxygen atoms in total. The zero-order valence-corrected chi connectivity index (χ0v) is 21.4. The summed E-state index contributed by atoms with van der Waals surface area (Å²) in [4.78, 5) is 21.6. The average molecular weight is 499 g/mol. The first-order valence-electron chi connectivity index (χ1n) is 13.4. The predicted molar refractivity (Wildman–Crippen MR) is 144 cm³/mol. The summed E-state index contributed by atoms with van der Waals surface area (Å²) in [5.41, 5.74) is 4.42. The van der Waals surface area contributed by atoms with Crippen molar-refractivity contribution in [2.45, 2.75) is 44.3 Å². The number of likely N-dealkylation sites (N-methyl/N-ethyl adjacent to an activating group) is 1. The van der Waals surface area contributed by atoms with Crippen LogP contribution in [0, 0.1) is 11.3 Å². The third-order valence-electron chi connectivity index (χ3n) is 7.96. The average Bonchev–Trinajstić information content (AvgIpc) is 3.35. The highest BCUT2D eigenvalue weighted by Gasteiger charge is 2.30. The SMILES string of the molecule is CN1CCC[C@H]1COc1nc2c(c(N3CCN[C@@H](CC#N)C3)n1)CCN(c1ccnc3ccccc13)C2. The number of likely N-dealkylation sites (tertiary alicyclic amines) is 1. The van der Waals surface area contributed by atoms with E-state index in [2.05, 4.69) is 62.4 Å². The van der Waals surface area contributed by atoms with Crippen molar-refractivity contribution < 1.29 is 4.74 Å². The molecule has 2 saturated heterocycles. The molecule has 5 heterocycles. The van der Waals surface area contributed by atoms with Gasteiger partial charge in [-0.05, 0) is 45.0 Å². The van der Waals surface area contributed by atoms with Crippen LogP contribution in [0.1, 0.15) is 30.5 Å². The Balaban J connectivity index is 1.32. The lowest BCUT2D eigenvalue weighted by atomic mass is 10.0. The summed E-state index contributed by atoms with van der Waals surface area (Å²) in [6.45, 7) is 5.76. The van der Waals surface area contributed by atoms with E-state index in [1.54, 1.807) is 0 Å². The molecular weight excluding hydrogens is 464 g/mol. The molecule has 3 aliphatic rings. The van der Waals surface area contributed by atoms with Gasteiger partial charge >= 0.3 is 6.01 Å². The molecule has 1 aromatic carbocycles. The molecule has 0 amide bonds. The zero-order chi connectivity index (χ0) is 25.2. The third kappa shape index (κ3) is 4.91.